The van der Waals surface area contributed by atoms with E-state index in [1.165, 1.54) is 0 Å². The molecule has 1 N–H and O–H groups in total. The van der Waals surface area contributed by atoms with Gasteiger partial charge in [0.05, 0.1) is 7.11 Å². The van der Waals surface area contributed by atoms with E-state index in [9.17, 15) is 0 Å². The zero-order valence-corrected chi connectivity index (χ0v) is 9.14. The molecule has 16 heavy (non-hydrogen) atoms. The van der Waals surface area contributed by atoms with Gasteiger partial charge in [0.15, 0.2) is 5.82 Å². The fourth-order valence-corrected chi connectivity index (χ4v) is 1.40. The largest absolute Gasteiger partial charge is 0.481 e. The van der Waals surface area contributed by atoms with Crippen molar-refractivity contribution in [2.45, 2.75) is 0 Å². The standard InChI is InChI=1S/C11H12N4O/c1-12-11-10(14-5-6-15-11)8-3-4-13-9(7-8)16-2/h3-7H,1-2H3,(H,12,15). The third kappa shape index (κ3) is 1.93. The molecule has 0 atom stereocenters. The number of hydrogen-bond acceptors (Lipinski definition) is 5. The van der Waals surface area contributed by atoms with Crippen LogP contribution in [-0.4, -0.2) is 29.1 Å². The Hall–Kier alpha value is -2.17. The molecule has 2 aromatic rings. The highest BCUT2D eigenvalue weighted by Gasteiger charge is 2.07. The van der Waals surface area contributed by atoms with Gasteiger partial charge in [0.2, 0.25) is 5.88 Å². The molecule has 0 spiro atoms. The summed E-state index contributed by atoms with van der Waals surface area (Å²) in [5.41, 5.74) is 1.70. The highest BCUT2D eigenvalue weighted by molar-refractivity contribution is 5.71. The summed E-state index contributed by atoms with van der Waals surface area (Å²) in [4.78, 5) is 12.5. The first-order chi connectivity index (χ1) is 7.85. The van der Waals surface area contributed by atoms with Gasteiger partial charge in [-0.15, -0.1) is 0 Å². The Balaban J connectivity index is 2.49. The normalized spacial score (nSPS) is 9.88. The van der Waals surface area contributed by atoms with Crippen LogP contribution in [0.25, 0.3) is 11.3 Å². The molecular formula is C11H12N4O. The van der Waals surface area contributed by atoms with Crippen molar-refractivity contribution in [1.82, 2.24) is 15.0 Å². The summed E-state index contributed by atoms with van der Waals surface area (Å²) < 4.78 is 5.07. The predicted octanol–water partition coefficient (Wildman–Crippen LogP) is 1.59. The van der Waals surface area contributed by atoms with Crippen molar-refractivity contribution in [2.24, 2.45) is 0 Å². The lowest BCUT2D eigenvalue weighted by molar-refractivity contribution is 0.398. The summed E-state index contributed by atoms with van der Waals surface area (Å²) >= 11 is 0. The van der Waals surface area contributed by atoms with Crippen LogP contribution in [0.1, 0.15) is 0 Å². The Bertz CT molecular complexity index is 487. The summed E-state index contributed by atoms with van der Waals surface area (Å²) in [6.07, 6.45) is 4.99. The quantitative estimate of drug-likeness (QED) is 0.844. The maximum atomic E-state index is 5.07. The fraction of sp³-hybridized carbons (Fsp3) is 0.182. The number of methoxy groups -OCH3 is 1. The van der Waals surface area contributed by atoms with Gasteiger partial charge in [-0.2, -0.15) is 0 Å². The number of nitrogens with zero attached hydrogens (tertiary/aromatic N) is 3. The molecule has 0 fully saturated rings. The van der Waals surface area contributed by atoms with Crippen LogP contribution in [0.5, 0.6) is 5.88 Å². The first-order valence-electron chi connectivity index (χ1n) is 4.84. The number of ether oxygens (including phenoxy) is 1. The minimum absolute atomic E-state index is 0.560. The lowest BCUT2D eigenvalue weighted by Crippen LogP contribution is -1.97. The van der Waals surface area contributed by atoms with Gasteiger partial charge in [-0.05, 0) is 6.07 Å². The van der Waals surface area contributed by atoms with Crippen molar-refractivity contribution in [3.05, 3.63) is 30.7 Å². The number of hydrogen-bond donors (Lipinski definition) is 1. The molecule has 0 saturated heterocycles. The van der Waals surface area contributed by atoms with E-state index in [0.29, 0.717) is 5.88 Å². The summed E-state index contributed by atoms with van der Waals surface area (Å²) in [7, 11) is 3.40. The van der Waals surface area contributed by atoms with Gasteiger partial charge in [0.25, 0.3) is 0 Å². The van der Waals surface area contributed by atoms with E-state index in [0.717, 1.165) is 17.1 Å². The maximum Gasteiger partial charge on any atom is 0.213 e. The molecule has 0 radical (unpaired) electrons. The van der Waals surface area contributed by atoms with Crippen molar-refractivity contribution >= 4 is 5.82 Å². The lowest BCUT2D eigenvalue weighted by atomic mass is 10.2. The van der Waals surface area contributed by atoms with E-state index in [1.54, 1.807) is 25.7 Å². The zero-order valence-electron chi connectivity index (χ0n) is 9.14. The molecule has 0 aliphatic carbocycles. The van der Waals surface area contributed by atoms with Crippen LogP contribution in [0.3, 0.4) is 0 Å². The minimum Gasteiger partial charge on any atom is -0.481 e. The third-order valence-electron chi connectivity index (χ3n) is 2.15. The molecular weight excluding hydrogens is 204 g/mol. The van der Waals surface area contributed by atoms with E-state index < -0.39 is 0 Å². The highest BCUT2D eigenvalue weighted by atomic mass is 16.5. The van der Waals surface area contributed by atoms with Crippen LogP contribution >= 0.6 is 0 Å². The van der Waals surface area contributed by atoms with Crippen LogP contribution in [-0.2, 0) is 0 Å². The van der Waals surface area contributed by atoms with Gasteiger partial charge in [0.1, 0.15) is 5.69 Å². The summed E-state index contributed by atoms with van der Waals surface area (Å²) in [6, 6.07) is 3.69. The first-order valence-corrected chi connectivity index (χ1v) is 4.84. The Morgan fingerprint density at radius 2 is 1.94 bits per heavy atom. The molecule has 0 saturated carbocycles. The smallest absolute Gasteiger partial charge is 0.213 e. The Morgan fingerprint density at radius 1 is 1.12 bits per heavy atom. The number of rotatable bonds is 3. The molecule has 2 heterocycles. The average Bonchev–Trinajstić information content (AvgIpc) is 2.38. The molecule has 0 bridgehead atoms. The SMILES string of the molecule is CNc1nccnc1-c1ccnc(OC)c1. The van der Waals surface area contributed by atoms with Crippen molar-refractivity contribution < 1.29 is 4.74 Å². The van der Waals surface area contributed by atoms with E-state index in [2.05, 4.69) is 20.3 Å². The van der Waals surface area contributed by atoms with Crippen molar-refractivity contribution in [3.8, 4) is 17.1 Å². The van der Waals surface area contributed by atoms with Crippen LogP contribution in [0, 0.1) is 0 Å². The second-order valence-corrected chi connectivity index (χ2v) is 3.09. The van der Waals surface area contributed by atoms with Crippen LogP contribution < -0.4 is 10.1 Å². The van der Waals surface area contributed by atoms with Crippen molar-refractivity contribution in [2.75, 3.05) is 19.5 Å². The Morgan fingerprint density at radius 3 is 2.69 bits per heavy atom. The lowest BCUT2D eigenvalue weighted by Gasteiger charge is -2.07. The van der Waals surface area contributed by atoms with E-state index in [-0.39, 0.29) is 0 Å². The van der Waals surface area contributed by atoms with E-state index in [1.807, 2.05) is 19.2 Å². The van der Waals surface area contributed by atoms with Crippen LogP contribution in [0.4, 0.5) is 5.82 Å². The molecule has 0 amide bonds. The number of anilines is 1. The molecule has 2 rings (SSSR count). The topological polar surface area (TPSA) is 59.9 Å². The van der Waals surface area contributed by atoms with Gasteiger partial charge in [0, 0.05) is 37.3 Å². The highest BCUT2D eigenvalue weighted by Crippen LogP contribution is 2.24. The average molecular weight is 216 g/mol. The Kier molecular flexibility index (Phi) is 2.95. The molecule has 5 nitrogen and oxygen atoms in total. The predicted molar refractivity (Wildman–Crippen MR) is 61.4 cm³/mol. The molecule has 0 unspecified atom stereocenters. The molecule has 0 aromatic carbocycles. The van der Waals surface area contributed by atoms with Gasteiger partial charge in [-0.1, -0.05) is 0 Å². The summed E-state index contributed by atoms with van der Waals surface area (Å²) in [5, 5.41) is 3.00. The molecule has 82 valence electrons. The van der Waals surface area contributed by atoms with Crippen molar-refractivity contribution in [3.63, 3.8) is 0 Å². The van der Waals surface area contributed by atoms with E-state index in [4.69, 9.17) is 4.74 Å². The second kappa shape index (κ2) is 4.57. The second-order valence-electron chi connectivity index (χ2n) is 3.09. The summed E-state index contributed by atoms with van der Waals surface area (Å²) in [5.74, 6) is 1.29. The molecule has 0 aliphatic heterocycles. The molecule has 2 aromatic heterocycles. The van der Waals surface area contributed by atoms with Gasteiger partial charge in [-0.3, -0.25) is 4.98 Å². The Labute approximate surface area is 93.5 Å². The van der Waals surface area contributed by atoms with Crippen LogP contribution in [0.2, 0.25) is 0 Å². The minimum atomic E-state index is 0.560. The van der Waals surface area contributed by atoms with Crippen molar-refractivity contribution in [1.29, 1.82) is 0 Å². The first kappa shape index (κ1) is 10.4. The monoisotopic (exact) mass is 216 g/mol. The van der Waals surface area contributed by atoms with Gasteiger partial charge in [-0.25, -0.2) is 9.97 Å². The number of nitrogens with one attached hydrogen (secondary N) is 1. The number of aromatic nitrogens is 3. The maximum absolute atomic E-state index is 5.07. The van der Waals surface area contributed by atoms with Gasteiger partial charge < -0.3 is 10.1 Å². The molecule has 5 heteroatoms. The van der Waals surface area contributed by atoms with Crippen LogP contribution in [0.15, 0.2) is 30.7 Å². The zero-order chi connectivity index (χ0) is 11.4. The number of pyridine rings is 1. The fourth-order valence-electron chi connectivity index (χ4n) is 1.40. The van der Waals surface area contributed by atoms with E-state index >= 15 is 0 Å². The molecule has 0 aliphatic rings. The summed E-state index contributed by atoms with van der Waals surface area (Å²) in [6.45, 7) is 0. The third-order valence-corrected chi connectivity index (χ3v) is 2.15. The van der Waals surface area contributed by atoms with Gasteiger partial charge >= 0.3 is 0 Å².